The Morgan fingerprint density at radius 1 is 1.26 bits per heavy atom. The smallest absolute Gasteiger partial charge is 0.290 e. The number of carbonyl (C=O) groups is 1. The molecule has 0 atom stereocenters. The van der Waals surface area contributed by atoms with Crippen LogP contribution in [0.3, 0.4) is 0 Å². The van der Waals surface area contributed by atoms with Crippen molar-refractivity contribution in [1.29, 1.82) is 0 Å². The minimum Gasteiger partial charge on any atom is -0.483 e. The van der Waals surface area contributed by atoms with Crippen molar-refractivity contribution in [3.8, 4) is 0 Å². The van der Waals surface area contributed by atoms with Gasteiger partial charge in [-0.1, -0.05) is 24.4 Å². The number of ether oxygens (including phenoxy) is 1. The summed E-state index contributed by atoms with van der Waals surface area (Å²) in [5.74, 6) is 1.67. The first kappa shape index (κ1) is 20.3. The lowest BCUT2D eigenvalue weighted by atomic mass is 9.86. The van der Waals surface area contributed by atoms with Crippen molar-refractivity contribution in [1.82, 2.24) is 15.0 Å². The molecule has 1 saturated carbocycles. The van der Waals surface area contributed by atoms with Crippen LogP contribution in [0.4, 0.5) is 0 Å². The van der Waals surface area contributed by atoms with Crippen LogP contribution in [0.15, 0.2) is 10.6 Å². The summed E-state index contributed by atoms with van der Waals surface area (Å²) in [5, 5.41) is 11.3. The van der Waals surface area contributed by atoms with E-state index < -0.39 is 0 Å². The molecular formula is C20H33N3O4. The van der Waals surface area contributed by atoms with Crippen LogP contribution in [0, 0.1) is 0 Å². The van der Waals surface area contributed by atoms with Gasteiger partial charge >= 0.3 is 0 Å². The van der Waals surface area contributed by atoms with E-state index in [2.05, 4.69) is 28.1 Å². The van der Waals surface area contributed by atoms with Gasteiger partial charge in [0.15, 0.2) is 5.76 Å². The Morgan fingerprint density at radius 3 is 2.67 bits per heavy atom. The standard InChI is InChI=1S/C19H31N3O2.CH2O2/c1-21-9-10-22(15-19(21)7-11-23-12-8-19)14-17-13-18(20-24-17)16-5-3-2-4-6-16;2-1-3/h13,16H,2-12,14-15H2,1H3;1H,(H,2,3). The summed E-state index contributed by atoms with van der Waals surface area (Å²) in [6.45, 7) is 5.79. The highest BCUT2D eigenvalue weighted by molar-refractivity contribution is 5.32. The molecule has 3 fully saturated rings. The summed E-state index contributed by atoms with van der Waals surface area (Å²) >= 11 is 0. The maximum absolute atomic E-state index is 8.36. The molecule has 2 aliphatic heterocycles. The van der Waals surface area contributed by atoms with Gasteiger partial charge < -0.3 is 14.4 Å². The molecule has 7 nitrogen and oxygen atoms in total. The first-order valence-corrected chi connectivity index (χ1v) is 10.2. The van der Waals surface area contributed by atoms with Gasteiger partial charge in [-0.15, -0.1) is 0 Å². The van der Waals surface area contributed by atoms with Gasteiger partial charge in [0.25, 0.3) is 6.47 Å². The molecule has 2 saturated heterocycles. The zero-order chi connectivity index (χ0) is 19.1. The molecule has 0 radical (unpaired) electrons. The molecule has 3 aliphatic rings. The van der Waals surface area contributed by atoms with E-state index in [1.807, 2.05) is 0 Å². The topological polar surface area (TPSA) is 79.0 Å². The molecule has 4 rings (SSSR count). The van der Waals surface area contributed by atoms with Crippen molar-refractivity contribution >= 4 is 6.47 Å². The highest BCUT2D eigenvalue weighted by Crippen LogP contribution is 2.33. The fourth-order valence-corrected chi connectivity index (χ4v) is 4.79. The molecular weight excluding hydrogens is 346 g/mol. The first-order valence-electron chi connectivity index (χ1n) is 10.2. The molecule has 0 bridgehead atoms. The zero-order valence-corrected chi connectivity index (χ0v) is 16.4. The maximum atomic E-state index is 8.36. The normalized spacial score (nSPS) is 24.3. The summed E-state index contributed by atoms with van der Waals surface area (Å²) in [4.78, 5) is 13.5. The number of nitrogens with zero attached hydrogens (tertiary/aromatic N) is 3. The summed E-state index contributed by atoms with van der Waals surface area (Å²) in [5.41, 5.74) is 1.49. The van der Waals surface area contributed by atoms with Crippen molar-refractivity contribution < 1.29 is 19.2 Å². The minimum absolute atomic E-state index is 0.250. The molecule has 0 amide bonds. The van der Waals surface area contributed by atoms with Gasteiger partial charge in [0.2, 0.25) is 0 Å². The third-order valence-electron chi connectivity index (χ3n) is 6.48. The lowest BCUT2D eigenvalue weighted by Gasteiger charge is -2.51. The maximum Gasteiger partial charge on any atom is 0.290 e. The predicted octanol–water partition coefficient (Wildman–Crippen LogP) is 2.72. The van der Waals surface area contributed by atoms with Crippen LogP contribution in [0.1, 0.15) is 62.3 Å². The van der Waals surface area contributed by atoms with Gasteiger partial charge in [0, 0.05) is 50.4 Å². The van der Waals surface area contributed by atoms with Crippen molar-refractivity contribution in [2.75, 3.05) is 39.9 Å². The van der Waals surface area contributed by atoms with Crippen LogP contribution in [0.5, 0.6) is 0 Å². The van der Waals surface area contributed by atoms with E-state index in [0.717, 1.165) is 58.0 Å². The monoisotopic (exact) mass is 379 g/mol. The summed E-state index contributed by atoms with van der Waals surface area (Å²) in [7, 11) is 2.28. The number of carboxylic acid groups (broad SMARTS) is 1. The molecule has 1 N–H and O–H groups in total. The zero-order valence-electron chi connectivity index (χ0n) is 16.4. The van der Waals surface area contributed by atoms with Crippen LogP contribution in [0.25, 0.3) is 0 Å². The van der Waals surface area contributed by atoms with E-state index in [1.54, 1.807) is 0 Å². The fraction of sp³-hybridized carbons (Fsp3) is 0.800. The Hall–Kier alpha value is -1.44. The van der Waals surface area contributed by atoms with Crippen molar-refractivity contribution in [2.24, 2.45) is 0 Å². The van der Waals surface area contributed by atoms with Crippen LogP contribution < -0.4 is 0 Å². The second kappa shape index (κ2) is 9.66. The van der Waals surface area contributed by atoms with Gasteiger partial charge in [-0.3, -0.25) is 14.6 Å². The molecule has 1 aromatic heterocycles. The van der Waals surface area contributed by atoms with Crippen molar-refractivity contribution in [2.45, 2.75) is 62.9 Å². The molecule has 1 spiro atoms. The molecule has 1 aromatic rings. The van der Waals surface area contributed by atoms with Crippen LogP contribution in [-0.2, 0) is 16.1 Å². The van der Waals surface area contributed by atoms with E-state index >= 15 is 0 Å². The van der Waals surface area contributed by atoms with Gasteiger partial charge in [0.05, 0.1) is 12.2 Å². The Balaban J connectivity index is 0.000000659. The third-order valence-corrected chi connectivity index (χ3v) is 6.48. The van der Waals surface area contributed by atoms with Crippen LogP contribution in [-0.4, -0.2) is 72.0 Å². The van der Waals surface area contributed by atoms with E-state index in [0.29, 0.717) is 11.5 Å². The van der Waals surface area contributed by atoms with E-state index in [9.17, 15) is 0 Å². The largest absolute Gasteiger partial charge is 0.483 e. The van der Waals surface area contributed by atoms with Gasteiger partial charge in [-0.2, -0.15) is 0 Å². The first-order chi connectivity index (χ1) is 13.2. The van der Waals surface area contributed by atoms with Crippen molar-refractivity contribution in [3.63, 3.8) is 0 Å². The van der Waals surface area contributed by atoms with Gasteiger partial charge in [0.1, 0.15) is 0 Å². The average molecular weight is 380 g/mol. The highest BCUT2D eigenvalue weighted by Gasteiger charge is 2.41. The molecule has 7 heteroatoms. The van der Waals surface area contributed by atoms with Gasteiger partial charge in [-0.25, -0.2) is 0 Å². The number of rotatable bonds is 3. The second-order valence-corrected chi connectivity index (χ2v) is 8.13. The van der Waals surface area contributed by atoms with Crippen LogP contribution >= 0.6 is 0 Å². The quantitative estimate of drug-likeness (QED) is 0.809. The second-order valence-electron chi connectivity index (χ2n) is 8.13. The Labute approximate surface area is 161 Å². The lowest BCUT2D eigenvalue weighted by Crippen LogP contribution is -2.62. The number of piperazine rings is 1. The Morgan fingerprint density at radius 2 is 1.96 bits per heavy atom. The molecule has 27 heavy (non-hydrogen) atoms. The number of hydrogen-bond donors (Lipinski definition) is 1. The predicted molar refractivity (Wildman–Crippen MR) is 102 cm³/mol. The minimum atomic E-state index is -0.250. The molecule has 152 valence electrons. The summed E-state index contributed by atoms with van der Waals surface area (Å²) in [6, 6.07) is 2.23. The van der Waals surface area contributed by atoms with Crippen LogP contribution in [0.2, 0.25) is 0 Å². The molecule has 0 unspecified atom stereocenters. The highest BCUT2D eigenvalue weighted by atomic mass is 16.5. The summed E-state index contributed by atoms with van der Waals surface area (Å²) < 4.78 is 11.3. The number of likely N-dealkylation sites (N-methyl/N-ethyl adjacent to an activating group) is 1. The van der Waals surface area contributed by atoms with E-state index in [-0.39, 0.29) is 6.47 Å². The Bertz CT molecular complexity index is 580. The SMILES string of the molecule is CN1CCN(Cc2cc(C3CCCCC3)no2)CC12CCOCC2.O=CO. The number of aromatic nitrogens is 1. The molecule has 1 aliphatic carbocycles. The van der Waals surface area contributed by atoms with Crippen molar-refractivity contribution in [3.05, 3.63) is 17.5 Å². The van der Waals surface area contributed by atoms with Gasteiger partial charge in [-0.05, 0) is 32.7 Å². The third kappa shape index (κ3) is 5.09. The Kier molecular flexibility index (Phi) is 7.26. The van der Waals surface area contributed by atoms with E-state index in [1.165, 1.54) is 37.8 Å². The summed E-state index contributed by atoms with van der Waals surface area (Å²) in [6.07, 6.45) is 8.92. The fourth-order valence-electron chi connectivity index (χ4n) is 4.79. The molecule has 3 heterocycles. The lowest BCUT2D eigenvalue weighted by molar-refractivity contribution is -0.122. The number of hydrogen-bond acceptors (Lipinski definition) is 6. The average Bonchev–Trinajstić information content (AvgIpc) is 3.16. The molecule has 0 aromatic carbocycles. The van der Waals surface area contributed by atoms with E-state index in [4.69, 9.17) is 19.2 Å².